The van der Waals surface area contributed by atoms with Gasteiger partial charge in [0.05, 0.1) is 6.33 Å². The van der Waals surface area contributed by atoms with Crippen molar-refractivity contribution in [3.05, 3.63) is 41.4 Å². The second-order valence-electron chi connectivity index (χ2n) is 10.2. The molecule has 0 spiro atoms. The van der Waals surface area contributed by atoms with Gasteiger partial charge in [-0.25, -0.2) is 10.1 Å². The second-order valence-corrected chi connectivity index (χ2v) is 14.7. The van der Waals surface area contributed by atoms with Crippen LogP contribution in [0.3, 0.4) is 0 Å². The minimum Gasteiger partial charge on any atom is -0.387 e. The van der Waals surface area contributed by atoms with E-state index >= 15 is 0 Å². The number of halogens is 1. The van der Waals surface area contributed by atoms with Crippen molar-refractivity contribution in [2.45, 2.75) is 62.6 Å². The van der Waals surface area contributed by atoms with E-state index < -0.39 is 52.1 Å². The fraction of sp³-hybridized carbons (Fsp3) is 0.522. The number of hydrogen-bond donors (Lipinski definition) is 7. The summed E-state index contributed by atoms with van der Waals surface area (Å²) in [6.07, 6.45) is 2.15. The van der Waals surface area contributed by atoms with Gasteiger partial charge in [-0.15, -0.1) is 0 Å². The van der Waals surface area contributed by atoms with Gasteiger partial charge in [0, 0.05) is 12.2 Å². The minimum atomic E-state index is -4.77. The Hall–Kier alpha value is -1.96. The van der Waals surface area contributed by atoms with Crippen LogP contribution in [-0.2, 0) is 13.9 Å². The standard InChI is InChI=1S/C23H31ClN6O8P2/c24-23-28-20(27-15-8-6-14(7-9-15)13-4-2-1-3-5-13)17-21(29-23)30(11-25-17)22-19(32)18(31)16(38-22)10-26-39(33,34)12-40(35,36)37/h6-9,11,13,16,18-19,22,31-32H,1-5,10,12H2,(H2,26,33,34)(H,27,28,29)(H2,35,36,37). The van der Waals surface area contributed by atoms with E-state index in [4.69, 9.17) is 26.1 Å². The Balaban J connectivity index is 1.33. The molecule has 1 aromatic carbocycles. The average Bonchev–Trinajstić information content (AvgIpc) is 3.43. The number of benzene rings is 1. The van der Waals surface area contributed by atoms with E-state index in [2.05, 4.69) is 37.5 Å². The minimum absolute atomic E-state index is 0.0968. The lowest BCUT2D eigenvalue weighted by molar-refractivity contribution is -0.0331. The summed E-state index contributed by atoms with van der Waals surface area (Å²) < 4.78 is 30.3. The number of rotatable bonds is 9. The SMILES string of the molecule is O=P(O)(O)CP(=O)(O)NCC1OC(n2cnc3c(Nc4ccc(C5CCCCC5)cc4)nc(Cl)nc32)C(O)C1O. The summed E-state index contributed by atoms with van der Waals surface area (Å²) in [6.45, 7) is -0.464. The summed E-state index contributed by atoms with van der Waals surface area (Å²) in [5, 5.41) is 26.4. The Labute approximate surface area is 234 Å². The zero-order valence-corrected chi connectivity index (χ0v) is 23.8. The molecule has 1 aliphatic heterocycles. The van der Waals surface area contributed by atoms with Crippen LogP contribution in [-0.4, -0.2) is 75.2 Å². The number of imidazole rings is 1. The highest BCUT2D eigenvalue weighted by Gasteiger charge is 2.45. The van der Waals surface area contributed by atoms with Gasteiger partial charge in [0.15, 0.2) is 23.2 Å². The van der Waals surface area contributed by atoms with E-state index in [-0.39, 0.29) is 10.9 Å². The largest absolute Gasteiger partial charge is 0.387 e. The molecular weight excluding hydrogens is 586 g/mol. The van der Waals surface area contributed by atoms with Crippen molar-refractivity contribution in [2.24, 2.45) is 0 Å². The third kappa shape index (κ3) is 6.74. The molecule has 14 nitrogen and oxygen atoms in total. The third-order valence-corrected chi connectivity index (χ3v) is 11.0. The molecule has 3 aromatic rings. The highest BCUT2D eigenvalue weighted by atomic mass is 35.5. The van der Waals surface area contributed by atoms with Gasteiger partial charge in [0.1, 0.15) is 24.2 Å². The van der Waals surface area contributed by atoms with Crippen LogP contribution in [0.15, 0.2) is 30.6 Å². The molecule has 1 aliphatic carbocycles. The summed E-state index contributed by atoms with van der Waals surface area (Å²) in [6, 6.07) is 8.13. The number of nitrogens with one attached hydrogen (secondary N) is 2. The van der Waals surface area contributed by atoms with Crippen LogP contribution >= 0.6 is 26.7 Å². The molecule has 1 saturated carbocycles. The fourth-order valence-corrected chi connectivity index (χ4v) is 8.26. The molecule has 2 fully saturated rings. The molecule has 1 saturated heterocycles. The number of fused-ring (bicyclic) bond motifs is 1. The molecule has 0 amide bonds. The lowest BCUT2D eigenvalue weighted by atomic mass is 9.84. The number of aliphatic hydroxyl groups is 2. The van der Waals surface area contributed by atoms with Crippen LogP contribution in [0.4, 0.5) is 11.5 Å². The van der Waals surface area contributed by atoms with Crippen molar-refractivity contribution in [3.8, 4) is 0 Å². The topological polar surface area (TPSA) is 212 Å². The predicted molar refractivity (Wildman–Crippen MR) is 147 cm³/mol. The molecule has 0 bridgehead atoms. The summed E-state index contributed by atoms with van der Waals surface area (Å²) in [5.41, 5.74) is 2.61. The van der Waals surface area contributed by atoms with E-state index in [1.165, 1.54) is 48.6 Å². The van der Waals surface area contributed by atoms with Gasteiger partial charge < -0.3 is 34.9 Å². The van der Waals surface area contributed by atoms with E-state index in [9.17, 15) is 24.2 Å². The molecule has 7 N–H and O–H groups in total. The number of nitrogens with zero attached hydrogens (tertiary/aromatic N) is 4. The smallest absolute Gasteiger partial charge is 0.336 e. The van der Waals surface area contributed by atoms with Crippen molar-refractivity contribution in [1.29, 1.82) is 0 Å². The molecule has 2 aliphatic rings. The normalized spacial score (nSPS) is 25.8. The van der Waals surface area contributed by atoms with Crippen molar-refractivity contribution in [2.75, 3.05) is 17.8 Å². The van der Waals surface area contributed by atoms with Gasteiger partial charge >= 0.3 is 7.60 Å². The first-order chi connectivity index (χ1) is 18.9. The third-order valence-electron chi connectivity index (χ3n) is 7.17. The monoisotopic (exact) mass is 616 g/mol. The molecule has 5 unspecified atom stereocenters. The molecule has 3 heterocycles. The van der Waals surface area contributed by atoms with Gasteiger partial charge in [-0.2, -0.15) is 9.97 Å². The molecule has 40 heavy (non-hydrogen) atoms. The van der Waals surface area contributed by atoms with Gasteiger partial charge in [-0.05, 0) is 48.1 Å². The number of aromatic nitrogens is 4. The first-order valence-electron chi connectivity index (χ1n) is 12.8. The summed E-state index contributed by atoms with van der Waals surface area (Å²) in [5.74, 6) is -0.388. The van der Waals surface area contributed by atoms with Gasteiger partial charge in [0.2, 0.25) is 5.28 Å². The zero-order chi connectivity index (χ0) is 28.7. The quantitative estimate of drug-likeness (QED) is 0.136. The maximum Gasteiger partial charge on any atom is 0.336 e. The van der Waals surface area contributed by atoms with Crippen LogP contribution < -0.4 is 10.4 Å². The Morgan fingerprint density at radius 2 is 1.73 bits per heavy atom. The van der Waals surface area contributed by atoms with Gasteiger partial charge in [0.25, 0.3) is 7.52 Å². The van der Waals surface area contributed by atoms with Crippen LogP contribution in [0, 0.1) is 0 Å². The van der Waals surface area contributed by atoms with Gasteiger partial charge in [-0.1, -0.05) is 31.4 Å². The van der Waals surface area contributed by atoms with E-state index in [0.29, 0.717) is 17.3 Å². The molecule has 0 radical (unpaired) electrons. The Bertz CT molecular complexity index is 1450. The predicted octanol–water partition coefficient (Wildman–Crippen LogP) is 2.80. The number of aliphatic hydroxyl groups excluding tert-OH is 2. The molecule has 17 heteroatoms. The van der Waals surface area contributed by atoms with E-state index in [1.54, 1.807) is 0 Å². The first-order valence-corrected chi connectivity index (χ1v) is 16.8. The second kappa shape index (κ2) is 11.7. The van der Waals surface area contributed by atoms with Crippen molar-refractivity contribution < 1.29 is 38.8 Å². The highest BCUT2D eigenvalue weighted by molar-refractivity contribution is 7.71. The molecule has 2 aromatic heterocycles. The van der Waals surface area contributed by atoms with Crippen LogP contribution in [0.5, 0.6) is 0 Å². The number of ether oxygens (including phenoxy) is 1. The maximum atomic E-state index is 12.1. The van der Waals surface area contributed by atoms with Crippen LogP contribution in [0.25, 0.3) is 11.2 Å². The molecular formula is C23H31ClN6O8P2. The molecule has 5 rings (SSSR count). The van der Waals surface area contributed by atoms with E-state index in [0.717, 1.165) is 5.69 Å². The summed E-state index contributed by atoms with van der Waals surface area (Å²) in [7, 11) is -9.21. The van der Waals surface area contributed by atoms with Crippen molar-refractivity contribution >= 4 is 49.4 Å². The van der Waals surface area contributed by atoms with Gasteiger partial charge in [-0.3, -0.25) is 13.7 Å². The number of hydrogen-bond acceptors (Lipinski definition) is 9. The van der Waals surface area contributed by atoms with Crippen LogP contribution in [0.1, 0.15) is 49.8 Å². The molecule has 218 valence electrons. The Morgan fingerprint density at radius 1 is 1.02 bits per heavy atom. The van der Waals surface area contributed by atoms with Crippen molar-refractivity contribution in [1.82, 2.24) is 24.6 Å². The fourth-order valence-electron chi connectivity index (χ4n) is 5.23. The highest BCUT2D eigenvalue weighted by Crippen LogP contribution is 2.52. The number of anilines is 2. The van der Waals surface area contributed by atoms with Crippen molar-refractivity contribution in [3.63, 3.8) is 0 Å². The first kappa shape index (κ1) is 29.5. The lowest BCUT2D eigenvalue weighted by Crippen LogP contribution is -2.37. The summed E-state index contributed by atoms with van der Waals surface area (Å²) in [4.78, 5) is 40.6. The Morgan fingerprint density at radius 3 is 2.40 bits per heavy atom. The summed E-state index contributed by atoms with van der Waals surface area (Å²) >= 11 is 6.21. The average molecular weight is 617 g/mol. The maximum absolute atomic E-state index is 12.1. The van der Waals surface area contributed by atoms with E-state index in [1.807, 2.05) is 12.1 Å². The Kier molecular flexibility index (Phi) is 8.66. The zero-order valence-electron chi connectivity index (χ0n) is 21.2. The molecule has 5 atom stereocenters. The van der Waals surface area contributed by atoms with Crippen LogP contribution in [0.2, 0.25) is 5.28 Å². The lowest BCUT2D eigenvalue weighted by Gasteiger charge is -2.22.